The molecule has 5 heteroatoms. The van der Waals surface area contributed by atoms with E-state index in [0.717, 1.165) is 56.6 Å². The van der Waals surface area contributed by atoms with Crippen molar-refractivity contribution >= 4 is 23.2 Å². The fourth-order valence-electron chi connectivity index (χ4n) is 3.69. The van der Waals surface area contributed by atoms with Crippen LogP contribution in [-0.4, -0.2) is 24.9 Å². The molecule has 2 saturated carbocycles. The normalized spacial score (nSPS) is 25.0. The van der Waals surface area contributed by atoms with Crippen molar-refractivity contribution in [3.63, 3.8) is 0 Å². The highest BCUT2D eigenvalue weighted by Gasteiger charge is 2.57. The Labute approximate surface area is 136 Å². The van der Waals surface area contributed by atoms with Crippen LogP contribution in [0.25, 0.3) is 0 Å². The van der Waals surface area contributed by atoms with Crippen LogP contribution in [0.5, 0.6) is 0 Å². The number of rotatable bonds is 4. The summed E-state index contributed by atoms with van der Waals surface area (Å²) in [7, 11) is 0. The maximum absolute atomic E-state index is 12.5. The van der Waals surface area contributed by atoms with Crippen molar-refractivity contribution in [3.05, 3.63) is 24.3 Å². The topological polar surface area (TPSA) is 70.2 Å². The van der Waals surface area contributed by atoms with Gasteiger partial charge in [-0.15, -0.1) is 0 Å². The van der Waals surface area contributed by atoms with Crippen LogP contribution >= 0.6 is 0 Å². The van der Waals surface area contributed by atoms with Gasteiger partial charge in [0.1, 0.15) is 0 Å². The van der Waals surface area contributed by atoms with Gasteiger partial charge in [0, 0.05) is 23.2 Å². The van der Waals surface area contributed by atoms with E-state index in [1.807, 2.05) is 24.3 Å². The molecule has 3 N–H and O–H groups in total. The van der Waals surface area contributed by atoms with Gasteiger partial charge in [-0.25, -0.2) is 0 Å². The molecule has 1 heterocycles. The Morgan fingerprint density at radius 1 is 1.04 bits per heavy atom. The zero-order chi connectivity index (χ0) is 15.9. The van der Waals surface area contributed by atoms with Crippen molar-refractivity contribution in [2.45, 2.75) is 32.1 Å². The molecule has 1 aliphatic heterocycles. The standard InChI is InChI=1S/C18H23N3O2/c22-16(12-4-5-12)20-13-2-1-3-14(10-13)21-17(23)15-11-18(15)6-8-19-9-7-18/h1-3,10,12,15,19H,4-9,11H2,(H,20,22)(H,21,23). The van der Waals surface area contributed by atoms with Gasteiger partial charge < -0.3 is 16.0 Å². The molecule has 2 aliphatic carbocycles. The maximum Gasteiger partial charge on any atom is 0.228 e. The van der Waals surface area contributed by atoms with Crippen molar-refractivity contribution in [1.82, 2.24) is 5.32 Å². The van der Waals surface area contributed by atoms with Crippen molar-refractivity contribution in [2.75, 3.05) is 23.7 Å². The van der Waals surface area contributed by atoms with Gasteiger partial charge >= 0.3 is 0 Å². The summed E-state index contributed by atoms with van der Waals surface area (Å²) in [6.07, 6.45) is 5.19. The molecular weight excluding hydrogens is 290 g/mol. The van der Waals surface area contributed by atoms with Gasteiger partial charge in [0.25, 0.3) is 0 Å². The second kappa shape index (κ2) is 5.64. The molecule has 0 aromatic heterocycles. The lowest BCUT2D eigenvalue weighted by molar-refractivity contribution is -0.118. The molecule has 3 fully saturated rings. The molecule has 2 amide bonds. The third kappa shape index (κ3) is 3.11. The summed E-state index contributed by atoms with van der Waals surface area (Å²) in [6, 6.07) is 7.45. The van der Waals surface area contributed by atoms with Crippen molar-refractivity contribution in [3.8, 4) is 0 Å². The zero-order valence-electron chi connectivity index (χ0n) is 13.2. The van der Waals surface area contributed by atoms with Crippen LogP contribution in [0.2, 0.25) is 0 Å². The number of anilines is 2. The number of amides is 2. The maximum atomic E-state index is 12.5. The van der Waals surface area contributed by atoms with E-state index in [1.165, 1.54) is 0 Å². The van der Waals surface area contributed by atoms with E-state index in [4.69, 9.17) is 0 Å². The molecular formula is C18H23N3O2. The zero-order valence-corrected chi connectivity index (χ0v) is 13.2. The van der Waals surface area contributed by atoms with Gasteiger partial charge in [0.2, 0.25) is 11.8 Å². The minimum Gasteiger partial charge on any atom is -0.326 e. The molecule has 1 unspecified atom stereocenters. The SMILES string of the molecule is O=C(Nc1cccc(NC(=O)C2CC23CCNCC3)c1)C1CC1. The van der Waals surface area contributed by atoms with Crippen LogP contribution in [-0.2, 0) is 9.59 Å². The van der Waals surface area contributed by atoms with Gasteiger partial charge in [-0.05, 0) is 68.8 Å². The Morgan fingerprint density at radius 2 is 1.70 bits per heavy atom. The fourth-order valence-corrected chi connectivity index (χ4v) is 3.69. The minimum absolute atomic E-state index is 0.0873. The Balaban J connectivity index is 1.37. The van der Waals surface area contributed by atoms with Gasteiger partial charge in [0.05, 0.1) is 0 Å². The van der Waals surface area contributed by atoms with Crippen LogP contribution in [0.3, 0.4) is 0 Å². The number of hydrogen-bond acceptors (Lipinski definition) is 3. The molecule has 23 heavy (non-hydrogen) atoms. The van der Waals surface area contributed by atoms with Crippen LogP contribution in [0.15, 0.2) is 24.3 Å². The minimum atomic E-state index is 0.0873. The van der Waals surface area contributed by atoms with Gasteiger partial charge in [0.15, 0.2) is 0 Å². The first kappa shape index (κ1) is 14.7. The van der Waals surface area contributed by atoms with Crippen molar-refractivity contribution < 1.29 is 9.59 Å². The average Bonchev–Trinajstić information content (AvgIpc) is 3.44. The Morgan fingerprint density at radius 3 is 2.35 bits per heavy atom. The van der Waals surface area contributed by atoms with Gasteiger partial charge in [-0.1, -0.05) is 6.07 Å². The molecule has 1 saturated heterocycles. The summed E-state index contributed by atoms with van der Waals surface area (Å²) in [6.45, 7) is 2.04. The van der Waals surface area contributed by atoms with E-state index in [2.05, 4.69) is 16.0 Å². The third-order valence-corrected chi connectivity index (χ3v) is 5.45. The first-order valence-electron chi connectivity index (χ1n) is 8.59. The average molecular weight is 313 g/mol. The predicted molar refractivity (Wildman–Crippen MR) is 89.1 cm³/mol. The molecule has 122 valence electrons. The summed E-state index contributed by atoms with van der Waals surface area (Å²) in [5, 5.41) is 9.30. The summed E-state index contributed by atoms with van der Waals surface area (Å²) >= 11 is 0. The van der Waals surface area contributed by atoms with E-state index >= 15 is 0 Å². The van der Waals surface area contributed by atoms with Crippen LogP contribution in [0, 0.1) is 17.3 Å². The molecule has 0 bridgehead atoms. The first-order chi connectivity index (χ1) is 11.2. The molecule has 1 atom stereocenters. The van der Waals surface area contributed by atoms with Crippen LogP contribution in [0.4, 0.5) is 11.4 Å². The lowest BCUT2D eigenvalue weighted by Crippen LogP contribution is -2.31. The molecule has 1 spiro atoms. The Kier molecular flexibility index (Phi) is 3.60. The molecule has 1 aromatic rings. The van der Waals surface area contributed by atoms with E-state index < -0.39 is 0 Å². The second-order valence-electron chi connectivity index (χ2n) is 7.20. The summed E-state index contributed by atoms with van der Waals surface area (Å²) < 4.78 is 0. The van der Waals surface area contributed by atoms with E-state index in [-0.39, 0.29) is 29.1 Å². The van der Waals surface area contributed by atoms with Crippen molar-refractivity contribution in [2.24, 2.45) is 17.3 Å². The largest absolute Gasteiger partial charge is 0.326 e. The van der Waals surface area contributed by atoms with E-state index in [1.54, 1.807) is 0 Å². The summed E-state index contributed by atoms with van der Waals surface area (Å²) in [4.78, 5) is 24.3. The van der Waals surface area contributed by atoms with E-state index in [0.29, 0.717) is 0 Å². The van der Waals surface area contributed by atoms with Crippen LogP contribution < -0.4 is 16.0 Å². The highest BCUT2D eigenvalue weighted by Crippen LogP contribution is 2.58. The Bertz CT molecular complexity index is 633. The molecule has 0 radical (unpaired) electrons. The fraction of sp³-hybridized carbons (Fsp3) is 0.556. The number of piperidine rings is 1. The number of carbonyl (C=O) groups excluding carboxylic acids is 2. The highest BCUT2D eigenvalue weighted by atomic mass is 16.2. The quantitative estimate of drug-likeness (QED) is 0.799. The summed E-state index contributed by atoms with van der Waals surface area (Å²) in [5.41, 5.74) is 1.76. The second-order valence-corrected chi connectivity index (χ2v) is 7.20. The number of hydrogen-bond donors (Lipinski definition) is 3. The number of nitrogens with one attached hydrogen (secondary N) is 3. The first-order valence-corrected chi connectivity index (χ1v) is 8.59. The van der Waals surface area contributed by atoms with Gasteiger partial charge in [-0.2, -0.15) is 0 Å². The third-order valence-electron chi connectivity index (χ3n) is 5.45. The molecule has 4 rings (SSSR count). The van der Waals surface area contributed by atoms with Crippen LogP contribution in [0.1, 0.15) is 32.1 Å². The van der Waals surface area contributed by atoms with Crippen molar-refractivity contribution in [1.29, 1.82) is 0 Å². The van der Waals surface area contributed by atoms with E-state index in [9.17, 15) is 9.59 Å². The summed E-state index contributed by atoms with van der Waals surface area (Å²) in [5.74, 6) is 0.538. The lowest BCUT2D eigenvalue weighted by Gasteiger charge is -2.23. The molecule has 1 aromatic carbocycles. The van der Waals surface area contributed by atoms with Gasteiger partial charge in [-0.3, -0.25) is 9.59 Å². The predicted octanol–water partition coefficient (Wildman–Crippen LogP) is 2.36. The molecule has 5 nitrogen and oxygen atoms in total. The highest BCUT2D eigenvalue weighted by molar-refractivity contribution is 5.97. The smallest absolute Gasteiger partial charge is 0.228 e. The monoisotopic (exact) mass is 313 g/mol. The Hall–Kier alpha value is -1.88. The number of carbonyl (C=O) groups is 2. The molecule has 3 aliphatic rings. The lowest BCUT2D eigenvalue weighted by atomic mass is 9.92. The number of benzene rings is 1.